The Labute approximate surface area is 185 Å². The molecule has 32 heavy (non-hydrogen) atoms. The number of imidazole rings is 1. The highest BCUT2D eigenvalue weighted by Crippen LogP contribution is 2.24. The van der Waals surface area contributed by atoms with Crippen LogP contribution in [-0.2, 0) is 16.0 Å². The standard InChI is InChI=1S/C23H25N5O4/c1-3-18-22(26(2)21(30)15-32-17-7-5-4-6-8-17)28-13-16(9-10-19(28)25-18)23(31)27-12-11-24-20(29)14-27/h4-10,13H,3,11-12,14-15H2,1-2H3,(H,24,29). The third kappa shape index (κ3) is 4.27. The molecule has 1 aliphatic rings. The molecule has 9 heteroatoms. The molecule has 1 saturated heterocycles. The SMILES string of the molecule is CCc1nc2ccc(C(=O)N3CCNC(=O)C3)cn2c1N(C)C(=O)COc1ccccc1. The van der Waals surface area contributed by atoms with Gasteiger partial charge in [-0.25, -0.2) is 4.98 Å². The van der Waals surface area contributed by atoms with Crippen LogP contribution in [0.2, 0.25) is 0 Å². The number of carbonyl (C=O) groups excluding carboxylic acids is 3. The largest absolute Gasteiger partial charge is 0.484 e. The molecule has 2 aromatic heterocycles. The first kappa shape index (κ1) is 21.4. The molecule has 3 aromatic rings. The zero-order chi connectivity index (χ0) is 22.7. The van der Waals surface area contributed by atoms with Gasteiger partial charge in [-0.15, -0.1) is 0 Å². The summed E-state index contributed by atoms with van der Waals surface area (Å²) >= 11 is 0. The second-order valence-corrected chi connectivity index (χ2v) is 7.51. The molecule has 3 amide bonds. The van der Waals surface area contributed by atoms with Gasteiger partial charge in [0.05, 0.1) is 17.8 Å². The Morgan fingerprint density at radius 1 is 1.19 bits per heavy atom. The lowest BCUT2D eigenvalue weighted by Gasteiger charge is -2.26. The van der Waals surface area contributed by atoms with Crippen molar-refractivity contribution in [1.82, 2.24) is 19.6 Å². The van der Waals surface area contributed by atoms with E-state index in [1.54, 1.807) is 41.9 Å². The Kier molecular flexibility index (Phi) is 6.07. The van der Waals surface area contributed by atoms with Crippen LogP contribution in [0.1, 0.15) is 23.0 Å². The molecule has 1 aromatic carbocycles. The van der Waals surface area contributed by atoms with Crippen molar-refractivity contribution in [3.8, 4) is 5.75 Å². The summed E-state index contributed by atoms with van der Waals surface area (Å²) in [6.45, 7) is 2.75. The van der Waals surface area contributed by atoms with Gasteiger partial charge in [0, 0.05) is 26.3 Å². The van der Waals surface area contributed by atoms with E-state index in [1.165, 1.54) is 9.80 Å². The van der Waals surface area contributed by atoms with Crippen LogP contribution < -0.4 is 15.0 Å². The molecule has 1 N–H and O–H groups in total. The van der Waals surface area contributed by atoms with Crippen LogP contribution in [0.25, 0.3) is 5.65 Å². The maximum Gasteiger partial charge on any atom is 0.265 e. The van der Waals surface area contributed by atoms with Gasteiger partial charge in [-0.2, -0.15) is 0 Å². The molecule has 0 aliphatic carbocycles. The van der Waals surface area contributed by atoms with Gasteiger partial charge in [0.1, 0.15) is 17.2 Å². The van der Waals surface area contributed by atoms with E-state index in [0.717, 1.165) is 5.69 Å². The van der Waals surface area contributed by atoms with Gasteiger partial charge in [0.25, 0.3) is 11.8 Å². The second kappa shape index (κ2) is 9.09. The van der Waals surface area contributed by atoms with Gasteiger partial charge < -0.3 is 15.0 Å². The normalized spacial score (nSPS) is 13.7. The van der Waals surface area contributed by atoms with Crippen LogP contribution in [0, 0.1) is 0 Å². The lowest BCUT2D eigenvalue weighted by atomic mass is 10.2. The fourth-order valence-corrected chi connectivity index (χ4v) is 3.67. The first-order valence-corrected chi connectivity index (χ1v) is 10.5. The quantitative estimate of drug-likeness (QED) is 0.633. The van der Waals surface area contributed by atoms with E-state index in [2.05, 4.69) is 10.3 Å². The van der Waals surface area contributed by atoms with Crippen molar-refractivity contribution in [2.75, 3.05) is 38.2 Å². The Balaban J connectivity index is 1.61. The summed E-state index contributed by atoms with van der Waals surface area (Å²) in [7, 11) is 1.67. The van der Waals surface area contributed by atoms with Crippen LogP contribution in [0.3, 0.4) is 0 Å². The van der Waals surface area contributed by atoms with Crippen molar-refractivity contribution in [2.24, 2.45) is 0 Å². The molecule has 4 rings (SSSR count). The van der Waals surface area contributed by atoms with Gasteiger partial charge in [0.2, 0.25) is 5.91 Å². The number of amides is 3. The number of rotatable bonds is 6. The highest BCUT2D eigenvalue weighted by Gasteiger charge is 2.25. The molecule has 0 spiro atoms. The van der Waals surface area contributed by atoms with Crippen LogP contribution >= 0.6 is 0 Å². The monoisotopic (exact) mass is 435 g/mol. The maximum atomic E-state index is 13.0. The number of fused-ring (bicyclic) bond motifs is 1. The zero-order valence-electron chi connectivity index (χ0n) is 18.1. The highest BCUT2D eigenvalue weighted by atomic mass is 16.5. The number of nitrogens with zero attached hydrogens (tertiary/aromatic N) is 4. The van der Waals surface area contributed by atoms with Crippen molar-refractivity contribution >= 4 is 29.2 Å². The van der Waals surface area contributed by atoms with E-state index >= 15 is 0 Å². The molecule has 0 radical (unpaired) electrons. The van der Waals surface area contributed by atoms with Gasteiger partial charge in [0.15, 0.2) is 6.61 Å². The number of pyridine rings is 1. The summed E-state index contributed by atoms with van der Waals surface area (Å²) in [5.41, 5.74) is 1.80. The lowest BCUT2D eigenvalue weighted by Crippen LogP contribution is -2.50. The molecule has 1 fully saturated rings. The minimum absolute atomic E-state index is 0.0308. The number of hydrogen-bond acceptors (Lipinski definition) is 5. The fourth-order valence-electron chi connectivity index (χ4n) is 3.67. The Bertz CT molecular complexity index is 1160. The molecule has 166 valence electrons. The number of benzene rings is 1. The third-order valence-electron chi connectivity index (χ3n) is 5.37. The summed E-state index contributed by atoms with van der Waals surface area (Å²) in [5.74, 6) is 0.554. The summed E-state index contributed by atoms with van der Waals surface area (Å²) in [6.07, 6.45) is 2.29. The number of aryl methyl sites for hydroxylation is 1. The van der Waals surface area contributed by atoms with Crippen molar-refractivity contribution < 1.29 is 19.1 Å². The predicted octanol–water partition coefficient (Wildman–Crippen LogP) is 1.51. The van der Waals surface area contributed by atoms with E-state index in [9.17, 15) is 14.4 Å². The molecule has 1 aliphatic heterocycles. The van der Waals surface area contributed by atoms with Gasteiger partial charge in [-0.05, 0) is 30.7 Å². The number of ether oxygens (including phenoxy) is 1. The van der Waals surface area contributed by atoms with Crippen molar-refractivity contribution in [2.45, 2.75) is 13.3 Å². The van der Waals surface area contributed by atoms with Gasteiger partial charge in [-0.1, -0.05) is 25.1 Å². The molecule has 9 nitrogen and oxygen atoms in total. The van der Waals surface area contributed by atoms with E-state index < -0.39 is 0 Å². The molecule has 3 heterocycles. The summed E-state index contributed by atoms with van der Waals surface area (Å²) in [4.78, 5) is 45.1. The molecular weight excluding hydrogens is 410 g/mol. The van der Waals surface area contributed by atoms with Crippen LogP contribution in [0.15, 0.2) is 48.7 Å². The number of nitrogens with one attached hydrogen (secondary N) is 1. The van der Waals surface area contributed by atoms with E-state index in [1.807, 2.05) is 25.1 Å². The second-order valence-electron chi connectivity index (χ2n) is 7.51. The van der Waals surface area contributed by atoms with E-state index in [4.69, 9.17) is 4.74 Å². The Morgan fingerprint density at radius 3 is 2.69 bits per heavy atom. The number of para-hydroxylation sites is 1. The van der Waals surface area contributed by atoms with E-state index in [-0.39, 0.29) is 30.9 Å². The van der Waals surface area contributed by atoms with E-state index in [0.29, 0.717) is 42.3 Å². The number of piperazine rings is 1. The number of carbonyl (C=O) groups is 3. The topological polar surface area (TPSA) is 96.3 Å². The number of hydrogen-bond donors (Lipinski definition) is 1. The maximum absolute atomic E-state index is 13.0. The van der Waals surface area contributed by atoms with Crippen LogP contribution in [0.4, 0.5) is 5.82 Å². The Morgan fingerprint density at radius 2 is 1.97 bits per heavy atom. The van der Waals surface area contributed by atoms with Gasteiger partial charge in [-0.3, -0.25) is 23.7 Å². The molecular formula is C23H25N5O4. The van der Waals surface area contributed by atoms with Crippen molar-refractivity contribution in [1.29, 1.82) is 0 Å². The predicted molar refractivity (Wildman–Crippen MR) is 119 cm³/mol. The third-order valence-corrected chi connectivity index (χ3v) is 5.37. The number of likely N-dealkylation sites (N-methyl/N-ethyl adjacent to an activating group) is 1. The fraction of sp³-hybridized carbons (Fsp3) is 0.304. The summed E-state index contributed by atoms with van der Waals surface area (Å²) < 4.78 is 7.35. The molecule has 0 unspecified atom stereocenters. The Hall–Kier alpha value is -3.88. The zero-order valence-corrected chi connectivity index (χ0v) is 18.1. The first-order valence-electron chi connectivity index (χ1n) is 10.5. The van der Waals surface area contributed by atoms with Crippen LogP contribution in [-0.4, -0.2) is 65.3 Å². The van der Waals surface area contributed by atoms with Crippen LogP contribution in [0.5, 0.6) is 5.75 Å². The minimum atomic E-state index is -0.241. The average Bonchev–Trinajstić information content (AvgIpc) is 3.20. The summed E-state index contributed by atoms with van der Waals surface area (Å²) in [6, 6.07) is 12.6. The first-order chi connectivity index (χ1) is 15.5. The lowest BCUT2D eigenvalue weighted by molar-refractivity contribution is -0.123. The van der Waals surface area contributed by atoms with Crippen molar-refractivity contribution in [3.05, 3.63) is 59.9 Å². The highest BCUT2D eigenvalue weighted by molar-refractivity contribution is 5.98. The minimum Gasteiger partial charge on any atom is -0.484 e. The average molecular weight is 435 g/mol. The van der Waals surface area contributed by atoms with Gasteiger partial charge >= 0.3 is 0 Å². The molecule has 0 bridgehead atoms. The molecule has 0 atom stereocenters. The van der Waals surface area contributed by atoms with Crippen molar-refractivity contribution in [3.63, 3.8) is 0 Å². The number of aromatic nitrogens is 2. The number of anilines is 1. The summed E-state index contributed by atoms with van der Waals surface area (Å²) in [5, 5.41) is 2.72. The smallest absolute Gasteiger partial charge is 0.265 e. The molecule has 0 saturated carbocycles.